The number of fused-ring (bicyclic) bond motifs is 3. The molecular weight excluding hydrogens is 376 g/mol. The molecule has 0 radical (unpaired) electrons. The second-order valence-electron chi connectivity index (χ2n) is 8.57. The van der Waals surface area contributed by atoms with Gasteiger partial charge >= 0.3 is 5.69 Å². The van der Waals surface area contributed by atoms with Gasteiger partial charge in [-0.2, -0.15) is 0 Å². The quantitative estimate of drug-likeness (QED) is 0.682. The van der Waals surface area contributed by atoms with E-state index < -0.39 is 0 Å². The number of likely N-dealkylation sites (tertiary alicyclic amines) is 1. The predicted molar refractivity (Wildman–Crippen MR) is 118 cm³/mol. The number of imidazole rings is 1. The van der Waals surface area contributed by atoms with Gasteiger partial charge in [0.05, 0.1) is 6.54 Å². The molecule has 0 bridgehead atoms. The zero-order valence-electron chi connectivity index (χ0n) is 17.7. The van der Waals surface area contributed by atoms with Crippen LogP contribution in [0.3, 0.4) is 0 Å². The van der Waals surface area contributed by atoms with Crippen molar-refractivity contribution in [3.63, 3.8) is 0 Å². The average molecular weight is 407 g/mol. The SMILES string of the molecule is CCCn1c2nc(CN3CCCCC3)nc-2c2n(c1=O)C[C@@H](Cc1ccccc1)N2. The van der Waals surface area contributed by atoms with Gasteiger partial charge in [0, 0.05) is 19.1 Å². The third kappa shape index (κ3) is 3.62. The lowest BCUT2D eigenvalue weighted by Gasteiger charge is -2.24. The van der Waals surface area contributed by atoms with Crippen LogP contribution in [0, 0.1) is 0 Å². The summed E-state index contributed by atoms with van der Waals surface area (Å²) in [5, 5.41) is 3.59. The molecule has 4 aliphatic rings. The van der Waals surface area contributed by atoms with Crippen LogP contribution in [0.1, 0.15) is 44.0 Å². The third-order valence-corrected chi connectivity index (χ3v) is 6.23. The standard InChI is InChI=1S/C23H30N6O/c1-2-11-28-22-20(25-19(26-22)16-27-12-7-4-8-13-27)21-24-18(15-29(21)23(28)30)14-17-9-5-3-6-10-17/h3,5-6,9-10,18,24H,2,4,7-8,11-16H2,1H3/t18-/m1/s1. The number of hydrogen-bond acceptors (Lipinski definition) is 5. The van der Waals surface area contributed by atoms with Crippen LogP contribution < -0.4 is 11.0 Å². The summed E-state index contributed by atoms with van der Waals surface area (Å²) < 4.78 is 3.68. The molecule has 1 N–H and O–H groups in total. The largest absolute Gasteiger partial charge is 0.365 e. The van der Waals surface area contributed by atoms with E-state index in [4.69, 9.17) is 9.97 Å². The molecule has 158 valence electrons. The highest BCUT2D eigenvalue weighted by molar-refractivity contribution is 5.69. The molecule has 4 aliphatic heterocycles. The first-order valence-electron chi connectivity index (χ1n) is 11.3. The summed E-state index contributed by atoms with van der Waals surface area (Å²) in [6.45, 7) is 6.41. The molecule has 0 spiro atoms. The third-order valence-electron chi connectivity index (χ3n) is 6.23. The van der Waals surface area contributed by atoms with Crippen molar-refractivity contribution >= 4 is 5.82 Å². The number of piperidine rings is 1. The Kier molecular flexibility index (Phi) is 5.29. The average Bonchev–Trinajstić information content (AvgIpc) is 3.37. The van der Waals surface area contributed by atoms with Crippen molar-refractivity contribution in [3.8, 4) is 11.5 Å². The van der Waals surface area contributed by atoms with Crippen molar-refractivity contribution in [1.82, 2.24) is 24.0 Å². The fourth-order valence-corrected chi connectivity index (χ4v) is 4.79. The fourth-order valence-electron chi connectivity index (χ4n) is 4.79. The second-order valence-corrected chi connectivity index (χ2v) is 8.57. The van der Waals surface area contributed by atoms with Gasteiger partial charge in [0.1, 0.15) is 17.3 Å². The maximum absolute atomic E-state index is 13.3. The minimum absolute atomic E-state index is 0.0202. The zero-order valence-corrected chi connectivity index (χ0v) is 17.7. The van der Waals surface area contributed by atoms with Crippen LogP contribution in [0.25, 0.3) is 11.5 Å². The van der Waals surface area contributed by atoms with Crippen LogP contribution >= 0.6 is 0 Å². The predicted octanol–water partition coefficient (Wildman–Crippen LogP) is 2.98. The van der Waals surface area contributed by atoms with Crippen molar-refractivity contribution < 1.29 is 0 Å². The number of rotatable bonds is 6. The molecule has 0 amide bonds. The van der Waals surface area contributed by atoms with Crippen LogP contribution in [0.5, 0.6) is 0 Å². The Morgan fingerprint density at radius 1 is 1.10 bits per heavy atom. The van der Waals surface area contributed by atoms with Crippen molar-refractivity contribution in [2.45, 2.75) is 64.7 Å². The Morgan fingerprint density at radius 3 is 2.67 bits per heavy atom. The Balaban J connectivity index is 1.48. The summed E-state index contributed by atoms with van der Waals surface area (Å²) >= 11 is 0. The van der Waals surface area contributed by atoms with Crippen molar-refractivity contribution in [1.29, 1.82) is 0 Å². The number of aromatic nitrogens is 4. The Labute approximate surface area is 177 Å². The van der Waals surface area contributed by atoms with E-state index >= 15 is 0 Å². The normalized spacial score (nSPS) is 19.2. The highest BCUT2D eigenvalue weighted by Gasteiger charge is 2.31. The number of nitrogens with one attached hydrogen (secondary N) is 1. The number of anilines is 1. The molecule has 1 atom stereocenters. The van der Waals surface area contributed by atoms with Gasteiger partial charge in [-0.25, -0.2) is 14.8 Å². The molecule has 7 heteroatoms. The first-order chi connectivity index (χ1) is 14.7. The van der Waals surface area contributed by atoms with Gasteiger partial charge in [0.2, 0.25) is 0 Å². The minimum Gasteiger partial charge on any atom is -0.365 e. The highest BCUT2D eigenvalue weighted by Crippen LogP contribution is 2.31. The number of nitrogens with zero attached hydrogens (tertiary/aromatic N) is 5. The first kappa shape index (κ1) is 19.3. The van der Waals surface area contributed by atoms with Gasteiger partial charge < -0.3 is 5.32 Å². The van der Waals surface area contributed by atoms with Crippen LogP contribution in [-0.4, -0.2) is 43.1 Å². The van der Waals surface area contributed by atoms with Crippen molar-refractivity contribution in [2.75, 3.05) is 18.4 Å². The van der Waals surface area contributed by atoms with Gasteiger partial charge in [0.25, 0.3) is 0 Å². The number of benzene rings is 1. The van der Waals surface area contributed by atoms with Gasteiger partial charge in [-0.05, 0) is 44.3 Å². The summed E-state index contributed by atoms with van der Waals surface area (Å²) in [6, 6.07) is 10.6. The first-order valence-corrected chi connectivity index (χ1v) is 11.3. The zero-order chi connectivity index (χ0) is 20.5. The number of hydrogen-bond donors (Lipinski definition) is 1. The van der Waals surface area contributed by atoms with E-state index in [-0.39, 0.29) is 11.7 Å². The lowest BCUT2D eigenvalue weighted by Crippen LogP contribution is -2.32. The molecule has 1 aromatic carbocycles. The van der Waals surface area contributed by atoms with Crippen molar-refractivity contribution in [3.05, 3.63) is 52.2 Å². The summed E-state index contributed by atoms with van der Waals surface area (Å²) in [5.41, 5.74) is 2.13. The molecule has 1 fully saturated rings. The van der Waals surface area contributed by atoms with E-state index in [2.05, 4.69) is 41.4 Å². The molecule has 30 heavy (non-hydrogen) atoms. The summed E-state index contributed by atoms with van der Waals surface area (Å²) in [5.74, 6) is 2.40. The molecule has 0 aliphatic carbocycles. The smallest absolute Gasteiger partial charge is 0.331 e. The lowest BCUT2D eigenvalue weighted by molar-refractivity contribution is 0.216. The van der Waals surface area contributed by atoms with E-state index in [9.17, 15) is 4.79 Å². The van der Waals surface area contributed by atoms with Crippen LogP contribution in [-0.2, 0) is 26.1 Å². The Hall–Kier alpha value is -2.67. The maximum Gasteiger partial charge on any atom is 0.331 e. The van der Waals surface area contributed by atoms with Crippen LogP contribution in [0.2, 0.25) is 0 Å². The molecule has 7 nitrogen and oxygen atoms in total. The van der Waals surface area contributed by atoms with E-state index in [1.165, 1.54) is 24.8 Å². The molecule has 0 unspecified atom stereocenters. The lowest BCUT2D eigenvalue weighted by atomic mass is 10.1. The van der Waals surface area contributed by atoms with E-state index in [0.717, 1.165) is 55.6 Å². The van der Waals surface area contributed by atoms with Crippen LogP contribution in [0.4, 0.5) is 5.82 Å². The van der Waals surface area contributed by atoms with E-state index in [1.807, 2.05) is 15.2 Å². The van der Waals surface area contributed by atoms with Gasteiger partial charge in [-0.15, -0.1) is 0 Å². The minimum atomic E-state index is 0.0202. The summed E-state index contributed by atoms with van der Waals surface area (Å²) in [7, 11) is 0. The fraction of sp³-hybridized carbons (Fsp3) is 0.522. The van der Waals surface area contributed by atoms with Crippen molar-refractivity contribution in [2.24, 2.45) is 0 Å². The molecular formula is C23H30N6O. The van der Waals surface area contributed by atoms with Gasteiger partial charge in [-0.3, -0.25) is 14.0 Å². The summed E-state index contributed by atoms with van der Waals surface area (Å²) in [6.07, 6.45) is 5.58. The molecule has 5 rings (SSSR count). The molecule has 0 aromatic heterocycles. The van der Waals surface area contributed by atoms with E-state index in [1.54, 1.807) is 0 Å². The Bertz CT molecular complexity index is 1030. The molecule has 1 saturated heterocycles. The molecule has 1 aromatic rings. The molecule has 0 saturated carbocycles. The topological polar surface area (TPSA) is 68.0 Å². The monoisotopic (exact) mass is 406 g/mol. The summed E-state index contributed by atoms with van der Waals surface area (Å²) in [4.78, 5) is 25.4. The highest BCUT2D eigenvalue weighted by atomic mass is 16.1. The Morgan fingerprint density at radius 2 is 1.90 bits per heavy atom. The molecule has 4 heterocycles. The van der Waals surface area contributed by atoms with Gasteiger partial charge in [0.15, 0.2) is 5.82 Å². The van der Waals surface area contributed by atoms with Gasteiger partial charge in [-0.1, -0.05) is 43.7 Å². The second kappa shape index (κ2) is 8.22. The van der Waals surface area contributed by atoms with E-state index in [0.29, 0.717) is 13.1 Å². The van der Waals surface area contributed by atoms with Crippen LogP contribution in [0.15, 0.2) is 35.1 Å². The maximum atomic E-state index is 13.3.